The van der Waals surface area contributed by atoms with Crippen LogP contribution in [0.3, 0.4) is 0 Å². The van der Waals surface area contributed by atoms with Crippen LogP contribution in [0.1, 0.15) is 11.1 Å². The maximum absolute atomic E-state index is 3.92. The molecule has 3 aromatic rings. The Bertz CT molecular complexity index is 735. The smallest absolute Gasteiger partial charge is 0.00992 e. The fraction of sp³-hybridized carbons (Fsp3) is 0.0526. The maximum Gasteiger partial charge on any atom is -0.00992 e. The first-order valence-electron chi connectivity index (χ1n) is 6.35. The zero-order chi connectivity index (χ0) is 13.8. The number of hydrogen-bond donors (Lipinski definition) is 0. The normalized spacial score (nSPS) is 9.95. The van der Waals surface area contributed by atoms with Gasteiger partial charge in [0.1, 0.15) is 0 Å². The lowest BCUT2D eigenvalue weighted by molar-refractivity contribution is 1.48. The Morgan fingerprint density at radius 1 is 0.789 bits per heavy atom. The van der Waals surface area contributed by atoms with Crippen molar-refractivity contribution in [2.24, 2.45) is 0 Å². The highest BCUT2D eigenvalue weighted by atomic mass is 14.1. The van der Waals surface area contributed by atoms with Crippen LogP contribution < -0.4 is 0 Å². The minimum atomic E-state index is 1.24. The first-order chi connectivity index (χ1) is 9.31. The van der Waals surface area contributed by atoms with Crippen LogP contribution in [0.15, 0.2) is 68.3 Å². The summed E-state index contributed by atoms with van der Waals surface area (Å²) in [6.07, 6.45) is 1.95. The third-order valence-corrected chi connectivity index (χ3v) is 3.39. The molecule has 3 aromatic carbocycles. The van der Waals surface area contributed by atoms with Gasteiger partial charge in [-0.15, -0.1) is 13.2 Å². The van der Waals surface area contributed by atoms with Crippen molar-refractivity contribution in [2.75, 3.05) is 0 Å². The Kier molecular flexibility index (Phi) is 3.82. The van der Waals surface area contributed by atoms with E-state index in [0.717, 1.165) is 0 Å². The molecular weight excluding hydrogens is 228 g/mol. The van der Waals surface area contributed by atoms with E-state index in [1.807, 2.05) is 6.08 Å². The van der Waals surface area contributed by atoms with Gasteiger partial charge in [-0.05, 0) is 39.6 Å². The Morgan fingerprint density at radius 2 is 1.47 bits per heavy atom. The van der Waals surface area contributed by atoms with Gasteiger partial charge in [0, 0.05) is 0 Å². The van der Waals surface area contributed by atoms with Crippen molar-refractivity contribution in [3.8, 4) is 0 Å². The summed E-state index contributed by atoms with van der Waals surface area (Å²) >= 11 is 0. The van der Waals surface area contributed by atoms with Gasteiger partial charge in [0.05, 0.1) is 0 Å². The molecule has 0 heteroatoms. The molecule has 0 fully saturated rings. The zero-order valence-electron chi connectivity index (χ0n) is 11.3. The molecule has 0 nitrogen and oxygen atoms in total. The van der Waals surface area contributed by atoms with Crippen molar-refractivity contribution < 1.29 is 0 Å². The van der Waals surface area contributed by atoms with Gasteiger partial charge in [-0.2, -0.15) is 0 Å². The first kappa shape index (κ1) is 13.1. The highest BCUT2D eigenvalue weighted by Gasteiger charge is 2.04. The number of fused-ring (bicyclic) bond motifs is 3. The molecular formula is C19H18. The van der Waals surface area contributed by atoms with Gasteiger partial charge in [0.2, 0.25) is 0 Å². The van der Waals surface area contributed by atoms with Crippen molar-refractivity contribution >= 4 is 27.6 Å². The Balaban J connectivity index is 0.000000637. The standard InChI is InChI=1S/C17H14.C2H4/c1-3-14-12(2)8-10-17-15-7-5-4-6-13(15)9-11-16(14)17;1-2/h3-11H,1H2,2H3;1-2H2. The number of hydrogen-bond acceptors (Lipinski definition) is 0. The fourth-order valence-electron chi connectivity index (χ4n) is 2.49. The van der Waals surface area contributed by atoms with Crippen LogP contribution in [-0.2, 0) is 0 Å². The monoisotopic (exact) mass is 246 g/mol. The summed E-state index contributed by atoms with van der Waals surface area (Å²) in [5, 5.41) is 5.20. The third-order valence-electron chi connectivity index (χ3n) is 3.39. The molecule has 94 valence electrons. The Morgan fingerprint density at radius 3 is 2.21 bits per heavy atom. The van der Waals surface area contributed by atoms with Crippen LogP contribution in [0.25, 0.3) is 27.6 Å². The average Bonchev–Trinajstić information content (AvgIpc) is 2.49. The summed E-state index contributed by atoms with van der Waals surface area (Å²) in [7, 11) is 0. The summed E-state index contributed by atoms with van der Waals surface area (Å²) < 4.78 is 0. The van der Waals surface area contributed by atoms with Gasteiger partial charge in [-0.1, -0.05) is 61.2 Å². The summed E-state index contributed by atoms with van der Waals surface area (Å²) in [5.74, 6) is 0. The number of benzene rings is 3. The van der Waals surface area contributed by atoms with Gasteiger partial charge in [0.15, 0.2) is 0 Å². The van der Waals surface area contributed by atoms with E-state index in [1.165, 1.54) is 32.7 Å². The predicted octanol–water partition coefficient (Wildman–Crippen LogP) is 5.75. The molecule has 0 atom stereocenters. The third kappa shape index (κ3) is 2.17. The minimum Gasteiger partial charge on any atom is -0.106 e. The van der Waals surface area contributed by atoms with Crippen LogP contribution in [0.4, 0.5) is 0 Å². The Labute approximate surface area is 114 Å². The molecule has 0 bridgehead atoms. The molecule has 0 amide bonds. The molecule has 0 aliphatic heterocycles. The molecule has 0 spiro atoms. The predicted molar refractivity (Wildman–Crippen MR) is 87.5 cm³/mol. The second-order valence-corrected chi connectivity index (χ2v) is 4.38. The quantitative estimate of drug-likeness (QED) is 0.379. The van der Waals surface area contributed by atoms with E-state index in [2.05, 4.69) is 75.2 Å². The van der Waals surface area contributed by atoms with E-state index in [-0.39, 0.29) is 0 Å². The Hall–Kier alpha value is -2.34. The molecule has 0 aromatic heterocycles. The maximum atomic E-state index is 3.92. The lowest BCUT2D eigenvalue weighted by Gasteiger charge is -2.09. The number of rotatable bonds is 1. The molecule has 3 rings (SSSR count). The minimum absolute atomic E-state index is 1.24. The SMILES string of the molecule is C=C.C=Cc1c(C)ccc2c1ccc1ccccc12. The van der Waals surface area contributed by atoms with E-state index in [1.54, 1.807) is 0 Å². The lowest BCUT2D eigenvalue weighted by Crippen LogP contribution is -1.85. The van der Waals surface area contributed by atoms with E-state index in [9.17, 15) is 0 Å². The molecule has 0 aliphatic carbocycles. The van der Waals surface area contributed by atoms with E-state index in [4.69, 9.17) is 0 Å². The second-order valence-electron chi connectivity index (χ2n) is 4.38. The highest BCUT2D eigenvalue weighted by molar-refractivity contribution is 6.10. The fourth-order valence-corrected chi connectivity index (χ4v) is 2.49. The molecule has 0 radical (unpaired) electrons. The molecule has 0 unspecified atom stereocenters. The molecule has 0 saturated carbocycles. The lowest BCUT2D eigenvalue weighted by atomic mass is 9.95. The summed E-state index contributed by atoms with van der Waals surface area (Å²) in [5.41, 5.74) is 2.52. The van der Waals surface area contributed by atoms with Gasteiger partial charge < -0.3 is 0 Å². The molecule has 19 heavy (non-hydrogen) atoms. The van der Waals surface area contributed by atoms with E-state index in [0.29, 0.717) is 0 Å². The van der Waals surface area contributed by atoms with E-state index >= 15 is 0 Å². The van der Waals surface area contributed by atoms with Gasteiger partial charge >= 0.3 is 0 Å². The molecule has 0 saturated heterocycles. The van der Waals surface area contributed by atoms with Crippen LogP contribution in [0.2, 0.25) is 0 Å². The topological polar surface area (TPSA) is 0 Å². The van der Waals surface area contributed by atoms with Crippen molar-refractivity contribution in [3.05, 3.63) is 79.4 Å². The largest absolute Gasteiger partial charge is 0.106 e. The molecule has 0 heterocycles. The molecule has 0 N–H and O–H groups in total. The van der Waals surface area contributed by atoms with Crippen LogP contribution in [0, 0.1) is 6.92 Å². The summed E-state index contributed by atoms with van der Waals surface area (Å²) in [6, 6.07) is 17.3. The van der Waals surface area contributed by atoms with Crippen molar-refractivity contribution in [1.29, 1.82) is 0 Å². The van der Waals surface area contributed by atoms with Crippen molar-refractivity contribution in [3.63, 3.8) is 0 Å². The van der Waals surface area contributed by atoms with Crippen LogP contribution in [0.5, 0.6) is 0 Å². The van der Waals surface area contributed by atoms with Crippen molar-refractivity contribution in [2.45, 2.75) is 6.92 Å². The van der Waals surface area contributed by atoms with Gasteiger partial charge in [-0.25, -0.2) is 0 Å². The number of aryl methyl sites for hydroxylation is 1. The molecule has 0 aliphatic rings. The van der Waals surface area contributed by atoms with Crippen LogP contribution in [-0.4, -0.2) is 0 Å². The summed E-state index contributed by atoms with van der Waals surface area (Å²) in [4.78, 5) is 0. The van der Waals surface area contributed by atoms with Crippen molar-refractivity contribution in [1.82, 2.24) is 0 Å². The van der Waals surface area contributed by atoms with E-state index < -0.39 is 0 Å². The van der Waals surface area contributed by atoms with Gasteiger partial charge in [-0.3, -0.25) is 0 Å². The van der Waals surface area contributed by atoms with Gasteiger partial charge in [0.25, 0.3) is 0 Å². The van der Waals surface area contributed by atoms with Crippen LogP contribution >= 0.6 is 0 Å². The second kappa shape index (κ2) is 5.53. The first-order valence-corrected chi connectivity index (χ1v) is 6.35. The zero-order valence-corrected chi connectivity index (χ0v) is 11.3. The average molecular weight is 246 g/mol. The summed E-state index contributed by atoms with van der Waals surface area (Å²) in [6.45, 7) is 12.1. The highest BCUT2D eigenvalue weighted by Crippen LogP contribution is 2.29.